The van der Waals surface area contributed by atoms with Crippen LogP contribution in [-0.4, -0.2) is 43.8 Å². The van der Waals surface area contributed by atoms with Gasteiger partial charge in [-0.2, -0.15) is 0 Å². The summed E-state index contributed by atoms with van der Waals surface area (Å²) in [5.74, 6) is -0.475. The second kappa shape index (κ2) is 9.17. The van der Waals surface area contributed by atoms with Crippen LogP contribution in [0.25, 0.3) is 0 Å². The van der Waals surface area contributed by atoms with E-state index in [0.717, 1.165) is 0 Å². The SMILES string of the molecule is COC(=O)[C@H](CCCCNC(=O)OC(C)(C)C)NC=O. The van der Waals surface area contributed by atoms with Crippen molar-refractivity contribution < 1.29 is 23.9 Å². The first-order chi connectivity index (χ1) is 9.30. The Balaban J connectivity index is 3.81. The van der Waals surface area contributed by atoms with Crippen molar-refractivity contribution in [2.24, 2.45) is 0 Å². The molecule has 2 N–H and O–H groups in total. The van der Waals surface area contributed by atoms with E-state index in [9.17, 15) is 14.4 Å². The van der Waals surface area contributed by atoms with Gasteiger partial charge in [0.25, 0.3) is 0 Å². The number of hydrogen-bond donors (Lipinski definition) is 2. The molecule has 7 nitrogen and oxygen atoms in total. The van der Waals surface area contributed by atoms with E-state index < -0.39 is 23.7 Å². The predicted molar refractivity (Wildman–Crippen MR) is 73.1 cm³/mol. The third-order valence-electron chi connectivity index (χ3n) is 2.34. The summed E-state index contributed by atoms with van der Waals surface area (Å²) >= 11 is 0. The van der Waals surface area contributed by atoms with Gasteiger partial charge in [-0.3, -0.25) is 4.79 Å². The Morgan fingerprint density at radius 1 is 1.25 bits per heavy atom. The highest BCUT2D eigenvalue weighted by atomic mass is 16.6. The van der Waals surface area contributed by atoms with E-state index >= 15 is 0 Å². The number of nitrogens with one attached hydrogen (secondary N) is 2. The maximum absolute atomic E-state index is 11.3. The molecule has 0 aromatic heterocycles. The Kier molecular flexibility index (Phi) is 8.35. The van der Waals surface area contributed by atoms with E-state index in [1.54, 1.807) is 20.8 Å². The fraction of sp³-hybridized carbons (Fsp3) is 0.769. The van der Waals surface area contributed by atoms with Gasteiger partial charge in [-0.25, -0.2) is 9.59 Å². The molecule has 116 valence electrons. The van der Waals surface area contributed by atoms with Gasteiger partial charge in [0, 0.05) is 6.54 Å². The highest BCUT2D eigenvalue weighted by Gasteiger charge is 2.18. The molecule has 0 aromatic carbocycles. The quantitative estimate of drug-likeness (QED) is 0.394. The molecular weight excluding hydrogens is 264 g/mol. The molecule has 0 bridgehead atoms. The molecule has 0 aliphatic carbocycles. The van der Waals surface area contributed by atoms with Crippen LogP contribution in [0.1, 0.15) is 40.0 Å². The normalized spacial score (nSPS) is 12.2. The smallest absolute Gasteiger partial charge is 0.407 e. The van der Waals surface area contributed by atoms with E-state index in [1.807, 2.05) is 0 Å². The zero-order chi connectivity index (χ0) is 15.6. The van der Waals surface area contributed by atoms with Gasteiger partial charge in [-0.05, 0) is 40.0 Å². The molecule has 2 amide bonds. The summed E-state index contributed by atoms with van der Waals surface area (Å²) in [5.41, 5.74) is -0.520. The van der Waals surface area contributed by atoms with Crippen LogP contribution >= 0.6 is 0 Å². The first-order valence-electron chi connectivity index (χ1n) is 6.54. The average Bonchev–Trinajstić information content (AvgIpc) is 2.34. The molecule has 0 radical (unpaired) electrons. The maximum atomic E-state index is 11.3. The van der Waals surface area contributed by atoms with Crippen molar-refractivity contribution in [1.29, 1.82) is 0 Å². The molecule has 0 saturated carbocycles. The van der Waals surface area contributed by atoms with Gasteiger partial charge in [0.1, 0.15) is 11.6 Å². The zero-order valence-corrected chi connectivity index (χ0v) is 12.5. The molecule has 0 aromatic rings. The number of methoxy groups -OCH3 is 1. The van der Waals surface area contributed by atoms with Crippen LogP contribution in [0.2, 0.25) is 0 Å². The van der Waals surface area contributed by atoms with E-state index in [2.05, 4.69) is 15.4 Å². The Morgan fingerprint density at radius 2 is 1.90 bits per heavy atom. The topological polar surface area (TPSA) is 93.7 Å². The lowest BCUT2D eigenvalue weighted by molar-refractivity contribution is -0.144. The molecular formula is C13H24N2O5. The third kappa shape index (κ3) is 9.18. The summed E-state index contributed by atoms with van der Waals surface area (Å²) in [7, 11) is 1.27. The summed E-state index contributed by atoms with van der Waals surface area (Å²) in [6.45, 7) is 5.82. The van der Waals surface area contributed by atoms with Gasteiger partial charge in [-0.1, -0.05) is 0 Å². The number of esters is 1. The Labute approximate surface area is 119 Å². The third-order valence-corrected chi connectivity index (χ3v) is 2.34. The van der Waals surface area contributed by atoms with Crippen molar-refractivity contribution in [3.8, 4) is 0 Å². The summed E-state index contributed by atoms with van der Waals surface area (Å²) < 4.78 is 9.64. The van der Waals surface area contributed by atoms with Crippen LogP contribution in [-0.2, 0) is 19.1 Å². The average molecular weight is 288 g/mol. The first-order valence-corrected chi connectivity index (χ1v) is 6.54. The van der Waals surface area contributed by atoms with Gasteiger partial charge >= 0.3 is 12.1 Å². The van der Waals surface area contributed by atoms with E-state index in [0.29, 0.717) is 32.2 Å². The Bertz CT molecular complexity index is 325. The van der Waals surface area contributed by atoms with E-state index in [1.165, 1.54) is 7.11 Å². The van der Waals surface area contributed by atoms with Crippen molar-refractivity contribution in [2.45, 2.75) is 51.7 Å². The van der Waals surface area contributed by atoms with E-state index in [4.69, 9.17) is 4.74 Å². The molecule has 1 atom stereocenters. The van der Waals surface area contributed by atoms with Crippen LogP contribution in [0.3, 0.4) is 0 Å². The number of hydrogen-bond acceptors (Lipinski definition) is 5. The number of carbonyl (C=O) groups is 3. The molecule has 0 unspecified atom stereocenters. The number of carbonyl (C=O) groups excluding carboxylic acids is 3. The van der Waals surface area contributed by atoms with Crippen LogP contribution in [0.15, 0.2) is 0 Å². The standard InChI is InChI=1S/C13H24N2O5/c1-13(2,3)20-12(18)14-8-6-5-7-10(15-9-16)11(17)19-4/h9-10H,5-8H2,1-4H3,(H,14,18)(H,15,16)/t10-/m0/s1. The van der Waals surface area contributed by atoms with Gasteiger partial charge in [-0.15, -0.1) is 0 Å². The highest BCUT2D eigenvalue weighted by molar-refractivity contribution is 5.77. The summed E-state index contributed by atoms with van der Waals surface area (Å²) in [6.07, 6.45) is 1.80. The minimum Gasteiger partial charge on any atom is -0.467 e. The molecule has 20 heavy (non-hydrogen) atoms. The summed E-state index contributed by atoms with van der Waals surface area (Å²) in [5, 5.41) is 5.02. The maximum Gasteiger partial charge on any atom is 0.407 e. The number of alkyl carbamates (subject to hydrolysis) is 1. The van der Waals surface area contributed by atoms with E-state index in [-0.39, 0.29) is 0 Å². The van der Waals surface area contributed by atoms with Gasteiger partial charge in [0.05, 0.1) is 7.11 Å². The zero-order valence-electron chi connectivity index (χ0n) is 12.5. The Hall–Kier alpha value is -1.79. The number of amides is 2. The van der Waals surface area contributed by atoms with Crippen molar-refractivity contribution in [1.82, 2.24) is 10.6 Å². The van der Waals surface area contributed by atoms with Gasteiger partial charge in [0.15, 0.2) is 0 Å². The lowest BCUT2D eigenvalue weighted by Crippen LogP contribution is -2.37. The number of rotatable bonds is 8. The summed E-state index contributed by atoms with van der Waals surface area (Å²) in [4.78, 5) is 33.0. The second-order valence-corrected chi connectivity index (χ2v) is 5.28. The van der Waals surface area contributed by atoms with Crippen LogP contribution < -0.4 is 10.6 Å². The fourth-order valence-corrected chi connectivity index (χ4v) is 1.47. The first kappa shape index (κ1) is 18.2. The lowest BCUT2D eigenvalue weighted by Gasteiger charge is -2.19. The minimum atomic E-state index is -0.640. The number of unbranched alkanes of at least 4 members (excludes halogenated alkanes) is 1. The minimum absolute atomic E-state index is 0.448. The molecule has 0 spiro atoms. The van der Waals surface area contributed by atoms with Gasteiger partial charge in [0.2, 0.25) is 6.41 Å². The molecule has 0 rings (SSSR count). The largest absolute Gasteiger partial charge is 0.467 e. The van der Waals surface area contributed by atoms with Crippen molar-refractivity contribution >= 4 is 18.5 Å². The van der Waals surface area contributed by atoms with Crippen LogP contribution in [0.5, 0.6) is 0 Å². The number of ether oxygens (including phenoxy) is 2. The monoisotopic (exact) mass is 288 g/mol. The molecule has 0 aliphatic heterocycles. The summed E-state index contributed by atoms with van der Waals surface area (Å²) in [6, 6.07) is -0.640. The van der Waals surface area contributed by atoms with Crippen molar-refractivity contribution in [2.75, 3.05) is 13.7 Å². The highest BCUT2D eigenvalue weighted by Crippen LogP contribution is 2.06. The molecule has 0 heterocycles. The molecule has 7 heteroatoms. The predicted octanol–water partition coefficient (Wildman–Crippen LogP) is 0.969. The van der Waals surface area contributed by atoms with Crippen molar-refractivity contribution in [3.63, 3.8) is 0 Å². The van der Waals surface area contributed by atoms with Crippen LogP contribution in [0, 0.1) is 0 Å². The molecule has 0 aliphatic rings. The van der Waals surface area contributed by atoms with Crippen LogP contribution in [0.4, 0.5) is 4.79 Å². The van der Waals surface area contributed by atoms with Crippen molar-refractivity contribution in [3.05, 3.63) is 0 Å². The molecule has 0 fully saturated rings. The molecule has 0 saturated heterocycles. The second-order valence-electron chi connectivity index (χ2n) is 5.28. The fourth-order valence-electron chi connectivity index (χ4n) is 1.47. The van der Waals surface area contributed by atoms with Gasteiger partial charge < -0.3 is 20.1 Å². The lowest BCUT2D eigenvalue weighted by atomic mass is 10.1. The Morgan fingerprint density at radius 3 is 2.40 bits per heavy atom.